The Bertz CT molecular complexity index is 956. The molecule has 0 spiro atoms. The Kier molecular flexibility index (Phi) is 3.79. The molecule has 2 aromatic heterocycles. The number of hydrogen-bond acceptors (Lipinski definition) is 5. The van der Waals surface area contributed by atoms with Gasteiger partial charge in [0, 0.05) is 11.8 Å². The number of rotatable bonds is 3. The molecule has 0 aliphatic carbocycles. The maximum atomic E-state index is 11.9. The number of amides is 1. The average Bonchev–Trinajstić information content (AvgIpc) is 3.29. The van der Waals surface area contributed by atoms with Gasteiger partial charge in [0.2, 0.25) is 0 Å². The number of hydrogen-bond donors (Lipinski definition) is 1. The highest BCUT2D eigenvalue weighted by Gasteiger charge is 2.21. The lowest BCUT2D eigenvalue weighted by Gasteiger charge is -1.99. The summed E-state index contributed by atoms with van der Waals surface area (Å²) in [6.07, 6.45) is 3.72. The number of amidine groups is 1. The van der Waals surface area contributed by atoms with E-state index in [4.69, 9.17) is 10.8 Å². The molecule has 24 heavy (non-hydrogen) atoms. The van der Waals surface area contributed by atoms with E-state index < -0.39 is 0 Å². The van der Waals surface area contributed by atoms with Crippen LogP contribution >= 0.6 is 23.1 Å². The van der Waals surface area contributed by atoms with Crippen molar-refractivity contribution in [1.82, 2.24) is 9.78 Å². The van der Waals surface area contributed by atoms with Crippen LogP contribution in [0.4, 0.5) is 0 Å². The number of para-hydroxylation sites is 1. The van der Waals surface area contributed by atoms with Crippen LogP contribution in [0, 0.1) is 0 Å². The van der Waals surface area contributed by atoms with Gasteiger partial charge in [-0.25, -0.2) is 4.68 Å². The van der Waals surface area contributed by atoms with Gasteiger partial charge in [-0.15, -0.1) is 11.3 Å². The fourth-order valence-corrected chi connectivity index (χ4v) is 3.78. The van der Waals surface area contributed by atoms with E-state index in [1.807, 2.05) is 58.7 Å². The van der Waals surface area contributed by atoms with Crippen molar-refractivity contribution in [3.63, 3.8) is 0 Å². The zero-order chi connectivity index (χ0) is 16.5. The first-order valence-corrected chi connectivity index (χ1v) is 8.87. The number of nitrogens with zero attached hydrogens (tertiary/aromatic N) is 3. The van der Waals surface area contributed by atoms with E-state index in [1.165, 1.54) is 11.8 Å². The fourth-order valence-electron chi connectivity index (χ4n) is 2.38. The third kappa shape index (κ3) is 2.79. The van der Waals surface area contributed by atoms with Gasteiger partial charge in [0.15, 0.2) is 5.17 Å². The monoisotopic (exact) mass is 352 g/mol. The molecule has 1 aliphatic rings. The van der Waals surface area contributed by atoms with Crippen molar-refractivity contribution in [2.45, 2.75) is 0 Å². The molecular formula is C17H12N4OS2. The second-order valence-electron chi connectivity index (χ2n) is 5.06. The molecule has 0 bridgehead atoms. The quantitative estimate of drug-likeness (QED) is 0.732. The Morgan fingerprint density at radius 1 is 1.12 bits per heavy atom. The van der Waals surface area contributed by atoms with Crippen molar-refractivity contribution >= 4 is 40.2 Å². The lowest BCUT2D eigenvalue weighted by molar-refractivity contribution is -0.113. The van der Waals surface area contributed by atoms with Crippen LogP contribution in [0.5, 0.6) is 0 Å². The number of benzene rings is 1. The third-order valence-corrected chi connectivity index (χ3v) is 5.13. The first-order chi connectivity index (χ1) is 11.7. The van der Waals surface area contributed by atoms with E-state index in [1.54, 1.807) is 17.4 Å². The standard InChI is InChI=1S/C17H12N4OS2/c18-17-19-16(22)14(24-17)9-11-10-21(12-5-2-1-3-6-12)20-15(11)13-7-4-8-23-13/h1-10H,(H2,18,19,22)/b14-9-. The highest BCUT2D eigenvalue weighted by atomic mass is 32.2. The van der Waals surface area contributed by atoms with E-state index in [0.29, 0.717) is 4.91 Å². The Morgan fingerprint density at radius 3 is 2.62 bits per heavy atom. The van der Waals surface area contributed by atoms with E-state index in [-0.39, 0.29) is 11.1 Å². The van der Waals surface area contributed by atoms with Gasteiger partial charge >= 0.3 is 0 Å². The van der Waals surface area contributed by atoms with Gasteiger partial charge < -0.3 is 5.73 Å². The van der Waals surface area contributed by atoms with Crippen molar-refractivity contribution in [1.29, 1.82) is 0 Å². The Balaban J connectivity index is 1.82. The summed E-state index contributed by atoms with van der Waals surface area (Å²) in [6, 6.07) is 13.9. The molecule has 4 rings (SSSR count). The normalized spacial score (nSPS) is 15.9. The van der Waals surface area contributed by atoms with Gasteiger partial charge in [-0.3, -0.25) is 4.79 Å². The number of aromatic nitrogens is 2. The first-order valence-electron chi connectivity index (χ1n) is 7.18. The summed E-state index contributed by atoms with van der Waals surface area (Å²) in [6.45, 7) is 0. The van der Waals surface area contributed by atoms with Crippen LogP contribution in [-0.2, 0) is 4.79 Å². The summed E-state index contributed by atoms with van der Waals surface area (Å²) < 4.78 is 1.82. The van der Waals surface area contributed by atoms with Gasteiger partial charge in [-0.1, -0.05) is 24.3 Å². The molecule has 118 valence electrons. The molecule has 5 nitrogen and oxygen atoms in total. The number of thiophene rings is 1. The summed E-state index contributed by atoms with van der Waals surface area (Å²) >= 11 is 2.79. The van der Waals surface area contributed by atoms with E-state index >= 15 is 0 Å². The molecule has 3 heterocycles. The predicted molar refractivity (Wildman–Crippen MR) is 99.1 cm³/mol. The van der Waals surface area contributed by atoms with Gasteiger partial charge in [-0.2, -0.15) is 10.1 Å². The number of aliphatic imine (C=N–C) groups is 1. The molecule has 0 unspecified atom stereocenters. The molecule has 1 amide bonds. The third-order valence-electron chi connectivity index (χ3n) is 3.44. The Hall–Kier alpha value is -2.64. The molecule has 2 N–H and O–H groups in total. The molecule has 0 radical (unpaired) electrons. The van der Waals surface area contributed by atoms with E-state index in [0.717, 1.165) is 21.8 Å². The second-order valence-corrected chi connectivity index (χ2v) is 7.07. The first kappa shape index (κ1) is 14.9. The van der Waals surface area contributed by atoms with Crippen molar-refractivity contribution in [3.05, 3.63) is 64.5 Å². The zero-order valence-electron chi connectivity index (χ0n) is 12.4. The van der Waals surface area contributed by atoms with Gasteiger partial charge in [0.25, 0.3) is 5.91 Å². The van der Waals surface area contributed by atoms with Crippen molar-refractivity contribution in [3.8, 4) is 16.3 Å². The zero-order valence-corrected chi connectivity index (χ0v) is 14.1. The summed E-state index contributed by atoms with van der Waals surface area (Å²) in [5.41, 5.74) is 8.29. The molecular weight excluding hydrogens is 340 g/mol. The van der Waals surface area contributed by atoms with Crippen LogP contribution in [-0.4, -0.2) is 20.9 Å². The SMILES string of the molecule is NC1=NC(=O)/C(=C/c2cn(-c3ccccc3)nc2-c2cccs2)S1. The number of carbonyl (C=O) groups is 1. The molecule has 1 aliphatic heterocycles. The van der Waals surface area contributed by atoms with Crippen LogP contribution in [0.15, 0.2) is 63.9 Å². The molecule has 0 saturated heterocycles. The Labute approximate surface area is 146 Å². The highest BCUT2D eigenvalue weighted by Crippen LogP contribution is 2.32. The van der Waals surface area contributed by atoms with Crippen molar-refractivity contribution in [2.75, 3.05) is 0 Å². The average molecular weight is 352 g/mol. The number of nitrogens with two attached hydrogens (primary N) is 1. The van der Waals surface area contributed by atoms with Crippen LogP contribution in [0.3, 0.4) is 0 Å². The second kappa shape index (κ2) is 6.10. The topological polar surface area (TPSA) is 73.3 Å². The van der Waals surface area contributed by atoms with Crippen LogP contribution in [0.2, 0.25) is 0 Å². The summed E-state index contributed by atoms with van der Waals surface area (Å²) in [7, 11) is 0. The minimum absolute atomic E-state index is 0.277. The molecule has 1 aromatic carbocycles. The maximum Gasteiger partial charge on any atom is 0.286 e. The highest BCUT2D eigenvalue weighted by molar-refractivity contribution is 8.18. The molecule has 0 atom stereocenters. The molecule has 0 saturated carbocycles. The van der Waals surface area contributed by atoms with Crippen molar-refractivity contribution < 1.29 is 4.79 Å². The molecule has 3 aromatic rings. The summed E-state index contributed by atoms with van der Waals surface area (Å²) in [4.78, 5) is 17.2. The smallest absolute Gasteiger partial charge is 0.286 e. The van der Waals surface area contributed by atoms with E-state index in [2.05, 4.69) is 4.99 Å². The largest absolute Gasteiger partial charge is 0.378 e. The predicted octanol–water partition coefficient (Wildman–Crippen LogP) is 3.53. The van der Waals surface area contributed by atoms with Crippen LogP contribution in [0.25, 0.3) is 22.3 Å². The van der Waals surface area contributed by atoms with Gasteiger partial charge in [-0.05, 0) is 41.4 Å². The minimum atomic E-state index is -0.304. The fraction of sp³-hybridized carbons (Fsp3) is 0. The van der Waals surface area contributed by atoms with Crippen LogP contribution < -0.4 is 5.73 Å². The minimum Gasteiger partial charge on any atom is -0.378 e. The van der Waals surface area contributed by atoms with Crippen molar-refractivity contribution in [2.24, 2.45) is 10.7 Å². The Morgan fingerprint density at radius 2 is 1.96 bits per heavy atom. The summed E-state index contributed by atoms with van der Waals surface area (Å²) in [5.74, 6) is -0.304. The van der Waals surface area contributed by atoms with Gasteiger partial charge in [0.1, 0.15) is 5.69 Å². The van der Waals surface area contributed by atoms with Crippen LogP contribution in [0.1, 0.15) is 5.56 Å². The lowest BCUT2D eigenvalue weighted by Crippen LogP contribution is -2.01. The number of carbonyl (C=O) groups excluding carboxylic acids is 1. The molecule has 0 fully saturated rings. The lowest BCUT2D eigenvalue weighted by atomic mass is 10.2. The van der Waals surface area contributed by atoms with Gasteiger partial charge in [0.05, 0.1) is 15.5 Å². The maximum absolute atomic E-state index is 11.9. The molecule has 7 heteroatoms. The van der Waals surface area contributed by atoms with E-state index in [9.17, 15) is 4.79 Å². The summed E-state index contributed by atoms with van der Waals surface area (Å²) in [5, 5.41) is 6.98. The number of thioether (sulfide) groups is 1.